The molecular weight excluding hydrogens is 220 g/mol. The lowest BCUT2D eigenvalue weighted by atomic mass is 9.85. The molecule has 2 fully saturated rings. The van der Waals surface area contributed by atoms with Gasteiger partial charge in [-0.3, -0.25) is 9.59 Å². The number of amides is 2. The molecule has 6 heteroatoms. The van der Waals surface area contributed by atoms with Crippen LogP contribution in [-0.4, -0.2) is 26.7 Å². The maximum absolute atomic E-state index is 12.3. The van der Waals surface area contributed by atoms with Crippen molar-refractivity contribution in [1.82, 2.24) is 14.9 Å². The minimum Gasteiger partial charge on any atom is -0.272 e. The Kier molecular flexibility index (Phi) is 1.51. The molecule has 0 spiro atoms. The van der Waals surface area contributed by atoms with Crippen molar-refractivity contribution in [2.75, 3.05) is 5.01 Å². The number of rotatable bonds is 1. The number of carbonyl (C=O) groups excluding carboxylic acids is 2. The van der Waals surface area contributed by atoms with E-state index in [1.807, 2.05) is 0 Å². The van der Waals surface area contributed by atoms with Crippen LogP contribution in [-0.2, 0) is 9.59 Å². The van der Waals surface area contributed by atoms with Crippen LogP contribution in [0.2, 0.25) is 0 Å². The highest BCUT2D eigenvalue weighted by Gasteiger charge is 2.60. The molecule has 2 aliphatic carbocycles. The van der Waals surface area contributed by atoms with Crippen molar-refractivity contribution in [3.63, 3.8) is 0 Å². The zero-order chi connectivity index (χ0) is 11.6. The highest BCUT2D eigenvalue weighted by Crippen LogP contribution is 2.51. The Bertz CT molecular complexity index is 506. The zero-order valence-corrected chi connectivity index (χ0v) is 8.93. The average molecular weight is 230 g/mol. The summed E-state index contributed by atoms with van der Waals surface area (Å²) < 4.78 is 1.38. The molecule has 2 bridgehead atoms. The Morgan fingerprint density at radius 1 is 1.00 bits per heavy atom. The maximum Gasteiger partial charge on any atom is 0.253 e. The third kappa shape index (κ3) is 0.956. The summed E-state index contributed by atoms with van der Waals surface area (Å²) in [5.41, 5.74) is 0. The summed E-state index contributed by atoms with van der Waals surface area (Å²) in [6, 6.07) is 0. The quantitative estimate of drug-likeness (QED) is 0.491. The third-order valence-corrected chi connectivity index (χ3v) is 4.08. The fraction of sp³-hybridized carbons (Fsp3) is 0.455. The molecule has 0 unspecified atom stereocenters. The molecule has 1 aliphatic heterocycles. The number of hydrogen-bond donors (Lipinski definition) is 0. The molecule has 6 nitrogen and oxygen atoms in total. The standard InChI is InChI=1S/C11H10N4O2/c16-10-8-6-1-2-7(3-6)9(8)11(17)15(10)14-4-12-13-5-14/h1-2,4-9H,3H2/t6-,7+,8-,9+. The molecule has 1 aromatic rings. The van der Waals surface area contributed by atoms with Gasteiger partial charge in [-0.25, -0.2) is 4.68 Å². The lowest BCUT2D eigenvalue weighted by Crippen LogP contribution is -2.41. The van der Waals surface area contributed by atoms with Crippen molar-refractivity contribution < 1.29 is 9.59 Å². The lowest BCUT2D eigenvalue weighted by molar-refractivity contribution is -0.125. The van der Waals surface area contributed by atoms with Crippen molar-refractivity contribution in [2.24, 2.45) is 23.7 Å². The lowest BCUT2D eigenvalue weighted by Gasteiger charge is -2.16. The van der Waals surface area contributed by atoms with E-state index in [9.17, 15) is 9.59 Å². The van der Waals surface area contributed by atoms with Crippen molar-refractivity contribution in [3.05, 3.63) is 24.8 Å². The van der Waals surface area contributed by atoms with Gasteiger partial charge in [0, 0.05) is 0 Å². The first-order valence-electron chi connectivity index (χ1n) is 5.68. The first-order chi connectivity index (χ1) is 8.27. The number of nitrogens with zero attached hydrogens (tertiary/aromatic N) is 4. The normalized spacial score (nSPS) is 38.2. The summed E-state index contributed by atoms with van der Waals surface area (Å²) in [5.74, 6) is -0.0843. The predicted molar refractivity (Wildman–Crippen MR) is 56.0 cm³/mol. The average Bonchev–Trinajstić information content (AvgIpc) is 3.03. The van der Waals surface area contributed by atoms with E-state index in [1.165, 1.54) is 22.3 Å². The Morgan fingerprint density at radius 3 is 2.06 bits per heavy atom. The van der Waals surface area contributed by atoms with Crippen molar-refractivity contribution >= 4 is 11.8 Å². The zero-order valence-electron chi connectivity index (χ0n) is 8.93. The topological polar surface area (TPSA) is 68.1 Å². The second kappa shape index (κ2) is 2.82. The van der Waals surface area contributed by atoms with Crippen molar-refractivity contribution in [1.29, 1.82) is 0 Å². The van der Waals surface area contributed by atoms with Gasteiger partial charge in [0.05, 0.1) is 11.8 Å². The van der Waals surface area contributed by atoms with Crippen molar-refractivity contribution in [3.8, 4) is 0 Å². The van der Waals surface area contributed by atoms with E-state index in [1.54, 1.807) is 0 Å². The molecule has 2 amide bonds. The molecular formula is C11H10N4O2. The Morgan fingerprint density at radius 2 is 1.53 bits per heavy atom. The predicted octanol–water partition coefficient (Wildman–Crippen LogP) is -0.279. The maximum atomic E-state index is 12.3. The van der Waals surface area contributed by atoms with Crippen LogP contribution in [0.1, 0.15) is 6.42 Å². The van der Waals surface area contributed by atoms with Gasteiger partial charge < -0.3 is 0 Å². The molecule has 4 atom stereocenters. The summed E-state index contributed by atoms with van der Waals surface area (Å²) in [5, 5.41) is 8.45. The van der Waals surface area contributed by atoms with Gasteiger partial charge in [0.1, 0.15) is 12.7 Å². The largest absolute Gasteiger partial charge is 0.272 e. The summed E-state index contributed by atoms with van der Waals surface area (Å²) >= 11 is 0. The molecule has 1 aromatic heterocycles. The Labute approximate surface area is 96.9 Å². The third-order valence-electron chi connectivity index (χ3n) is 4.08. The Balaban J connectivity index is 1.79. The van der Waals surface area contributed by atoms with Gasteiger partial charge in [-0.05, 0) is 18.3 Å². The highest BCUT2D eigenvalue weighted by molar-refractivity contribution is 6.17. The molecule has 0 aromatic carbocycles. The van der Waals surface area contributed by atoms with E-state index in [-0.39, 0.29) is 35.5 Å². The highest BCUT2D eigenvalue weighted by atomic mass is 16.2. The molecule has 0 radical (unpaired) electrons. The Hall–Kier alpha value is -1.98. The second-order valence-corrected chi connectivity index (χ2v) is 4.83. The molecule has 0 N–H and O–H groups in total. The van der Waals surface area contributed by atoms with Crippen LogP contribution < -0.4 is 5.01 Å². The molecule has 1 saturated carbocycles. The van der Waals surface area contributed by atoms with Gasteiger partial charge in [-0.15, -0.1) is 10.2 Å². The van der Waals surface area contributed by atoms with Crippen LogP contribution in [0.4, 0.5) is 0 Å². The summed E-state index contributed by atoms with van der Waals surface area (Å²) in [4.78, 5) is 24.6. The molecule has 86 valence electrons. The van der Waals surface area contributed by atoms with Gasteiger partial charge in [0.2, 0.25) is 0 Å². The van der Waals surface area contributed by atoms with E-state index in [4.69, 9.17) is 0 Å². The number of imide groups is 1. The van der Waals surface area contributed by atoms with Crippen molar-refractivity contribution in [2.45, 2.75) is 6.42 Å². The first-order valence-corrected chi connectivity index (χ1v) is 5.68. The van der Waals surface area contributed by atoms with Gasteiger partial charge in [0.25, 0.3) is 11.8 Å². The number of aromatic nitrogens is 3. The number of carbonyl (C=O) groups is 2. The van der Waals surface area contributed by atoms with E-state index in [0.29, 0.717) is 0 Å². The van der Waals surface area contributed by atoms with Crippen LogP contribution in [0.5, 0.6) is 0 Å². The van der Waals surface area contributed by atoms with Crippen LogP contribution in [0.15, 0.2) is 24.8 Å². The fourth-order valence-electron chi connectivity index (χ4n) is 3.41. The fourth-order valence-corrected chi connectivity index (χ4v) is 3.41. The van der Waals surface area contributed by atoms with Crippen LogP contribution in [0.25, 0.3) is 0 Å². The van der Waals surface area contributed by atoms with E-state index in [0.717, 1.165) is 6.42 Å². The van der Waals surface area contributed by atoms with Gasteiger partial charge in [-0.2, -0.15) is 5.01 Å². The monoisotopic (exact) mass is 230 g/mol. The minimum absolute atomic E-state index is 0.114. The minimum atomic E-state index is -0.167. The molecule has 2 heterocycles. The van der Waals surface area contributed by atoms with E-state index in [2.05, 4.69) is 22.3 Å². The summed E-state index contributed by atoms with van der Waals surface area (Å²) in [7, 11) is 0. The molecule has 3 aliphatic rings. The number of allylic oxidation sites excluding steroid dienone is 2. The van der Waals surface area contributed by atoms with E-state index < -0.39 is 0 Å². The van der Waals surface area contributed by atoms with Crippen LogP contribution in [0.3, 0.4) is 0 Å². The summed E-state index contributed by atoms with van der Waals surface area (Å²) in [6.07, 6.45) is 7.86. The van der Waals surface area contributed by atoms with E-state index >= 15 is 0 Å². The number of fused-ring (bicyclic) bond motifs is 5. The van der Waals surface area contributed by atoms with Gasteiger partial charge >= 0.3 is 0 Å². The van der Waals surface area contributed by atoms with Gasteiger partial charge in [0.15, 0.2) is 0 Å². The van der Waals surface area contributed by atoms with Gasteiger partial charge in [-0.1, -0.05) is 12.2 Å². The second-order valence-electron chi connectivity index (χ2n) is 4.83. The molecule has 1 saturated heterocycles. The SMILES string of the molecule is O=C1[C@@H]2[C@H](C(=O)N1n1cnnc1)[C@@H]1C=C[C@H]2C1. The first kappa shape index (κ1) is 9.09. The molecule has 17 heavy (non-hydrogen) atoms. The van der Waals surface area contributed by atoms with Crippen LogP contribution >= 0.6 is 0 Å². The smallest absolute Gasteiger partial charge is 0.253 e. The molecule has 4 rings (SSSR count). The number of hydrogen-bond acceptors (Lipinski definition) is 4. The van der Waals surface area contributed by atoms with Crippen LogP contribution in [0, 0.1) is 23.7 Å². The summed E-state index contributed by atoms with van der Waals surface area (Å²) in [6.45, 7) is 0.